The molecule has 3 aromatic rings. The first-order valence-electron chi connectivity index (χ1n) is 7.40. The maximum atomic E-state index is 12.3. The molecule has 3 rings (SSSR count). The second-order valence-electron chi connectivity index (χ2n) is 5.71. The maximum absolute atomic E-state index is 12.3. The zero-order chi connectivity index (χ0) is 16.6. The molecule has 5 nitrogen and oxygen atoms in total. The molecule has 0 aliphatic heterocycles. The highest BCUT2D eigenvalue weighted by molar-refractivity contribution is 9.10. The van der Waals surface area contributed by atoms with Gasteiger partial charge in [0.05, 0.1) is 18.1 Å². The smallest absolute Gasteiger partial charge is 0.266 e. The first-order chi connectivity index (χ1) is 11.0. The van der Waals surface area contributed by atoms with Gasteiger partial charge in [-0.2, -0.15) is 5.10 Å². The number of hydrogen-bond donors (Lipinski definition) is 0. The minimum atomic E-state index is -0.0535. The van der Waals surface area contributed by atoms with Crippen LogP contribution in [0.15, 0.2) is 45.8 Å². The number of hydrogen-bond acceptors (Lipinski definition) is 3. The van der Waals surface area contributed by atoms with Gasteiger partial charge < -0.3 is 4.74 Å². The number of fused-ring (bicyclic) bond motifs is 1. The Bertz CT molecular complexity index is 895. The van der Waals surface area contributed by atoms with Crippen molar-refractivity contribution in [2.75, 3.05) is 7.11 Å². The van der Waals surface area contributed by atoms with Crippen LogP contribution >= 0.6 is 15.9 Å². The lowest BCUT2D eigenvalue weighted by molar-refractivity contribution is 0.414. The summed E-state index contributed by atoms with van der Waals surface area (Å²) in [6.07, 6.45) is 1.96. The van der Waals surface area contributed by atoms with Crippen molar-refractivity contribution in [2.24, 2.45) is 0 Å². The molecular formula is C17H18BrN3O2. The predicted octanol–water partition coefficient (Wildman–Crippen LogP) is 3.60. The Morgan fingerprint density at radius 2 is 1.96 bits per heavy atom. The Balaban J connectivity index is 2.02. The van der Waals surface area contributed by atoms with E-state index < -0.39 is 0 Å². The monoisotopic (exact) mass is 375 g/mol. The molecule has 1 aromatic carbocycles. The third-order valence-electron chi connectivity index (χ3n) is 3.72. The number of rotatable bonds is 4. The van der Waals surface area contributed by atoms with Crippen LogP contribution in [0.25, 0.3) is 11.0 Å². The summed E-state index contributed by atoms with van der Waals surface area (Å²) in [6, 6.07) is 9.76. The topological polar surface area (TPSA) is 49.0 Å². The largest absolute Gasteiger partial charge is 0.497 e. The van der Waals surface area contributed by atoms with Crippen molar-refractivity contribution in [3.8, 4) is 5.75 Å². The second-order valence-corrected chi connectivity index (χ2v) is 6.57. The molecule has 0 bridgehead atoms. The van der Waals surface area contributed by atoms with Gasteiger partial charge in [0, 0.05) is 17.6 Å². The summed E-state index contributed by atoms with van der Waals surface area (Å²) in [5.41, 5.74) is 1.78. The molecule has 120 valence electrons. The van der Waals surface area contributed by atoms with Gasteiger partial charge in [0.1, 0.15) is 5.75 Å². The van der Waals surface area contributed by atoms with Gasteiger partial charge in [0.25, 0.3) is 5.56 Å². The van der Waals surface area contributed by atoms with Gasteiger partial charge in [0.2, 0.25) is 0 Å². The van der Waals surface area contributed by atoms with E-state index in [-0.39, 0.29) is 11.6 Å². The normalized spacial score (nSPS) is 11.3. The number of pyridine rings is 1. The van der Waals surface area contributed by atoms with Gasteiger partial charge >= 0.3 is 0 Å². The van der Waals surface area contributed by atoms with Gasteiger partial charge in [-0.15, -0.1) is 0 Å². The van der Waals surface area contributed by atoms with E-state index in [1.54, 1.807) is 11.7 Å². The van der Waals surface area contributed by atoms with E-state index in [0.29, 0.717) is 16.7 Å². The molecule has 2 heterocycles. The van der Waals surface area contributed by atoms with Gasteiger partial charge in [-0.1, -0.05) is 12.1 Å². The lowest BCUT2D eigenvalue weighted by atomic mass is 10.2. The molecule has 0 radical (unpaired) electrons. The number of ether oxygens (including phenoxy) is 1. The van der Waals surface area contributed by atoms with Crippen LogP contribution in [0, 0.1) is 0 Å². The molecular weight excluding hydrogens is 358 g/mol. The number of aromatic nitrogens is 3. The first kappa shape index (κ1) is 15.8. The van der Waals surface area contributed by atoms with Crippen molar-refractivity contribution >= 4 is 27.0 Å². The molecule has 0 amide bonds. The van der Waals surface area contributed by atoms with E-state index in [1.807, 2.05) is 55.1 Å². The Morgan fingerprint density at radius 3 is 2.57 bits per heavy atom. The van der Waals surface area contributed by atoms with Crippen molar-refractivity contribution in [2.45, 2.75) is 26.4 Å². The molecule has 0 unspecified atom stereocenters. The predicted molar refractivity (Wildman–Crippen MR) is 94.2 cm³/mol. The summed E-state index contributed by atoms with van der Waals surface area (Å²) in [4.78, 5) is 12.3. The van der Waals surface area contributed by atoms with Crippen LogP contribution in [-0.4, -0.2) is 21.5 Å². The van der Waals surface area contributed by atoms with E-state index in [2.05, 4.69) is 21.0 Å². The van der Waals surface area contributed by atoms with Crippen molar-refractivity contribution in [3.05, 3.63) is 56.9 Å². The summed E-state index contributed by atoms with van der Waals surface area (Å²) in [6.45, 7) is 4.61. The van der Waals surface area contributed by atoms with E-state index >= 15 is 0 Å². The zero-order valence-corrected chi connectivity index (χ0v) is 14.9. The average Bonchev–Trinajstić information content (AvgIpc) is 2.90. The summed E-state index contributed by atoms with van der Waals surface area (Å²) >= 11 is 3.34. The number of benzene rings is 1. The summed E-state index contributed by atoms with van der Waals surface area (Å²) in [5.74, 6) is 0.831. The summed E-state index contributed by atoms with van der Waals surface area (Å²) in [7, 11) is 1.65. The Morgan fingerprint density at radius 1 is 1.26 bits per heavy atom. The van der Waals surface area contributed by atoms with Crippen molar-refractivity contribution in [3.63, 3.8) is 0 Å². The van der Waals surface area contributed by atoms with Crippen LogP contribution in [0.1, 0.15) is 25.5 Å². The molecule has 0 atom stereocenters. The van der Waals surface area contributed by atoms with Gasteiger partial charge in [-0.25, -0.2) is 0 Å². The van der Waals surface area contributed by atoms with Crippen LogP contribution in [0.5, 0.6) is 5.75 Å². The zero-order valence-electron chi connectivity index (χ0n) is 13.3. The van der Waals surface area contributed by atoms with Gasteiger partial charge in [-0.3, -0.25) is 14.0 Å². The maximum Gasteiger partial charge on any atom is 0.266 e. The second kappa shape index (κ2) is 6.20. The molecule has 0 fully saturated rings. The fourth-order valence-electron chi connectivity index (χ4n) is 2.60. The van der Waals surface area contributed by atoms with Crippen molar-refractivity contribution in [1.82, 2.24) is 14.3 Å². The van der Waals surface area contributed by atoms with Crippen molar-refractivity contribution in [1.29, 1.82) is 0 Å². The van der Waals surface area contributed by atoms with Gasteiger partial charge in [-0.05, 0) is 53.5 Å². The number of halogens is 1. The Labute approximate surface area is 142 Å². The fourth-order valence-corrected chi connectivity index (χ4v) is 3.04. The van der Waals surface area contributed by atoms with E-state index in [0.717, 1.165) is 16.7 Å². The third kappa shape index (κ3) is 3.03. The molecule has 0 aliphatic carbocycles. The molecule has 0 N–H and O–H groups in total. The minimum Gasteiger partial charge on any atom is -0.497 e. The SMILES string of the molecule is COc1ccc(Cn2cc3cc(Br)c(=O)n(C(C)C)c3n2)cc1. The molecule has 0 saturated heterocycles. The van der Waals surface area contributed by atoms with Crippen molar-refractivity contribution < 1.29 is 4.74 Å². The first-order valence-corrected chi connectivity index (χ1v) is 8.20. The number of methoxy groups -OCH3 is 1. The molecule has 2 aromatic heterocycles. The van der Waals surface area contributed by atoms with Crippen LogP contribution < -0.4 is 10.3 Å². The van der Waals surface area contributed by atoms with Crippen LogP contribution in [-0.2, 0) is 6.54 Å². The third-order valence-corrected chi connectivity index (χ3v) is 4.29. The quantitative estimate of drug-likeness (QED) is 0.699. The Kier molecular flexibility index (Phi) is 4.26. The Hall–Kier alpha value is -2.08. The fraction of sp³-hybridized carbons (Fsp3) is 0.294. The highest BCUT2D eigenvalue weighted by Crippen LogP contribution is 2.19. The van der Waals surface area contributed by atoms with E-state index in [9.17, 15) is 4.79 Å². The number of nitrogens with zero attached hydrogens (tertiary/aromatic N) is 3. The molecule has 0 spiro atoms. The summed E-state index contributed by atoms with van der Waals surface area (Å²) in [5, 5.41) is 5.54. The lowest BCUT2D eigenvalue weighted by Gasteiger charge is -2.10. The molecule has 6 heteroatoms. The average molecular weight is 376 g/mol. The van der Waals surface area contributed by atoms with Crippen LogP contribution in [0.4, 0.5) is 0 Å². The van der Waals surface area contributed by atoms with E-state index in [1.165, 1.54) is 0 Å². The molecule has 0 aliphatic rings. The highest BCUT2D eigenvalue weighted by Gasteiger charge is 2.13. The highest BCUT2D eigenvalue weighted by atomic mass is 79.9. The standard InChI is InChI=1S/C17H18BrN3O2/c1-11(2)21-16-13(8-15(18)17(21)22)10-20(19-16)9-12-4-6-14(23-3)7-5-12/h4-8,10-11H,9H2,1-3H3. The summed E-state index contributed by atoms with van der Waals surface area (Å²) < 4.78 is 9.30. The van der Waals surface area contributed by atoms with Crippen LogP contribution in [0.2, 0.25) is 0 Å². The van der Waals surface area contributed by atoms with E-state index in [4.69, 9.17) is 4.74 Å². The molecule has 23 heavy (non-hydrogen) atoms. The van der Waals surface area contributed by atoms with Crippen LogP contribution in [0.3, 0.4) is 0 Å². The minimum absolute atomic E-state index is 0.0480. The lowest BCUT2D eigenvalue weighted by Crippen LogP contribution is -2.23. The van der Waals surface area contributed by atoms with Gasteiger partial charge in [0.15, 0.2) is 5.65 Å². The molecule has 0 saturated carbocycles.